The smallest absolute Gasteiger partial charge is 0.159 e. The van der Waals surface area contributed by atoms with E-state index in [1.165, 1.54) is 49.3 Å². The molecule has 0 atom stereocenters. The fourth-order valence-corrected chi connectivity index (χ4v) is 2.81. The van der Waals surface area contributed by atoms with Crippen molar-refractivity contribution in [3.63, 3.8) is 0 Å². The summed E-state index contributed by atoms with van der Waals surface area (Å²) < 4.78 is 0. The summed E-state index contributed by atoms with van der Waals surface area (Å²) in [4.78, 5) is 15.8. The van der Waals surface area contributed by atoms with Crippen molar-refractivity contribution in [2.75, 3.05) is 0 Å². The Hall–Kier alpha value is -2.74. The maximum Gasteiger partial charge on any atom is 0.159 e. The van der Waals surface area contributed by atoms with Gasteiger partial charge in [0.1, 0.15) is 0 Å². The number of benzene rings is 2. The number of aryl methyl sites for hydroxylation is 1. The maximum atomic E-state index is 11.4. The molecule has 0 aliphatic heterocycles. The van der Waals surface area contributed by atoms with Gasteiger partial charge in [-0.2, -0.15) is 0 Å². The molecule has 0 radical (unpaired) electrons. The van der Waals surface area contributed by atoms with E-state index in [0.717, 1.165) is 11.3 Å². The van der Waals surface area contributed by atoms with Crippen molar-refractivity contribution in [3.05, 3.63) is 84.0 Å². The van der Waals surface area contributed by atoms with Crippen LogP contribution in [0.4, 0.5) is 5.69 Å². The van der Waals surface area contributed by atoms with Crippen molar-refractivity contribution >= 4 is 23.8 Å². The van der Waals surface area contributed by atoms with Crippen LogP contribution in [0.2, 0.25) is 0 Å². The van der Waals surface area contributed by atoms with E-state index < -0.39 is 0 Å². The van der Waals surface area contributed by atoms with Crippen LogP contribution in [0.15, 0.2) is 72.3 Å². The van der Waals surface area contributed by atoms with Crippen LogP contribution in [0.1, 0.15) is 49.3 Å². The minimum Gasteiger partial charge on any atom is -0.295 e. The zero-order valence-electron chi connectivity index (χ0n) is 16.2. The molecule has 2 rings (SSSR count). The fourth-order valence-electron chi connectivity index (χ4n) is 2.81. The number of carbonyl (C=O) groups excluding carboxylic acids is 1. The van der Waals surface area contributed by atoms with Crippen molar-refractivity contribution in [2.45, 2.75) is 45.4 Å². The molecule has 2 nitrogen and oxygen atoms in total. The molecule has 0 aliphatic carbocycles. The van der Waals surface area contributed by atoms with Gasteiger partial charge in [-0.05, 0) is 53.8 Å². The Kier molecular flexibility index (Phi) is 8.99. The highest BCUT2D eigenvalue weighted by Crippen LogP contribution is 2.14. The van der Waals surface area contributed by atoms with Gasteiger partial charge in [0.25, 0.3) is 0 Å². The van der Waals surface area contributed by atoms with Gasteiger partial charge in [-0.1, -0.05) is 75.2 Å². The summed E-state index contributed by atoms with van der Waals surface area (Å²) in [5.74, 6) is 0.0289. The summed E-state index contributed by atoms with van der Waals surface area (Å²) in [6, 6.07) is 16.4. The van der Waals surface area contributed by atoms with E-state index in [4.69, 9.17) is 0 Å². The van der Waals surface area contributed by atoms with Gasteiger partial charge in [0.15, 0.2) is 5.78 Å². The van der Waals surface area contributed by atoms with Crippen molar-refractivity contribution in [2.24, 2.45) is 4.99 Å². The SMILES string of the molecule is C=CC(=O)Cc1ccc(N=C/C=C/c2ccc(CCCCCC)cc2)cc1. The fraction of sp³-hybridized carbons (Fsp3) is 0.280. The van der Waals surface area contributed by atoms with Crippen LogP contribution in [-0.4, -0.2) is 12.0 Å². The van der Waals surface area contributed by atoms with Crippen molar-refractivity contribution in [3.8, 4) is 0 Å². The van der Waals surface area contributed by atoms with Gasteiger partial charge in [-0.25, -0.2) is 0 Å². The molecule has 0 amide bonds. The van der Waals surface area contributed by atoms with Crippen LogP contribution < -0.4 is 0 Å². The standard InChI is InChI=1S/C25H29NO/c1-3-5-6-7-9-21-11-13-22(14-12-21)10-8-19-26-24-17-15-23(16-18-24)20-25(27)4-2/h4,8,10-19H,2-3,5-7,9,20H2,1H3/b10-8+,26-19?. The lowest BCUT2D eigenvalue weighted by atomic mass is 10.0. The lowest BCUT2D eigenvalue weighted by Crippen LogP contribution is -1.96. The van der Waals surface area contributed by atoms with Crippen LogP contribution in [0.25, 0.3) is 6.08 Å². The molecule has 0 aromatic heterocycles. The number of ketones is 1. The van der Waals surface area contributed by atoms with Gasteiger partial charge < -0.3 is 0 Å². The first kappa shape index (κ1) is 20.6. The first-order valence-electron chi connectivity index (χ1n) is 9.75. The summed E-state index contributed by atoms with van der Waals surface area (Å²) in [5.41, 5.74) is 4.44. The van der Waals surface area contributed by atoms with E-state index in [1.54, 1.807) is 6.21 Å². The summed E-state index contributed by atoms with van der Waals surface area (Å²) in [6.07, 6.45) is 13.9. The largest absolute Gasteiger partial charge is 0.295 e. The third kappa shape index (κ3) is 8.00. The molecule has 0 saturated heterocycles. The molecule has 2 heteroatoms. The topological polar surface area (TPSA) is 29.4 Å². The van der Waals surface area contributed by atoms with Gasteiger partial charge in [0.2, 0.25) is 0 Å². The highest BCUT2D eigenvalue weighted by molar-refractivity contribution is 5.90. The summed E-state index contributed by atoms with van der Waals surface area (Å²) >= 11 is 0. The number of allylic oxidation sites excluding steroid dienone is 2. The average molecular weight is 360 g/mol. The van der Waals surface area contributed by atoms with Crippen LogP contribution >= 0.6 is 0 Å². The van der Waals surface area contributed by atoms with Gasteiger partial charge in [-0.15, -0.1) is 0 Å². The minimum atomic E-state index is 0.0289. The highest BCUT2D eigenvalue weighted by atomic mass is 16.1. The number of aliphatic imine (C=N–C) groups is 1. The van der Waals surface area contributed by atoms with Crippen molar-refractivity contribution in [1.29, 1.82) is 0 Å². The third-order valence-corrected chi connectivity index (χ3v) is 4.44. The normalized spacial score (nSPS) is 11.3. The molecule has 0 bridgehead atoms. The molecule has 0 heterocycles. The molecule has 2 aromatic rings. The second-order valence-electron chi connectivity index (χ2n) is 6.70. The molecular weight excluding hydrogens is 330 g/mol. The average Bonchev–Trinajstić information content (AvgIpc) is 2.70. The summed E-state index contributed by atoms with van der Waals surface area (Å²) in [6.45, 7) is 5.74. The number of unbranched alkanes of at least 4 members (excludes halogenated alkanes) is 3. The number of rotatable bonds is 11. The van der Waals surface area contributed by atoms with E-state index in [9.17, 15) is 4.79 Å². The Morgan fingerprint density at radius 2 is 1.67 bits per heavy atom. The highest BCUT2D eigenvalue weighted by Gasteiger charge is 1.98. The van der Waals surface area contributed by atoms with Crippen LogP contribution in [0.5, 0.6) is 0 Å². The predicted molar refractivity (Wildman–Crippen MR) is 117 cm³/mol. The molecule has 27 heavy (non-hydrogen) atoms. The van der Waals surface area contributed by atoms with Crippen LogP contribution in [0.3, 0.4) is 0 Å². The number of nitrogens with zero attached hydrogens (tertiary/aromatic N) is 1. The Labute approximate surface area is 163 Å². The van der Waals surface area contributed by atoms with E-state index in [0.29, 0.717) is 6.42 Å². The van der Waals surface area contributed by atoms with Gasteiger partial charge in [0.05, 0.1) is 5.69 Å². The van der Waals surface area contributed by atoms with Crippen LogP contribution in [-0.2, 0) is 17.6 Å². The monoisotopic (exact) mass is 359 g/mol. The maximum absolute atomic E-state index is 11.4. The van der Waals surface area contributed by atoms with E-state index in [2.05, 4.69) is 48.8 Å². The molecule has 0 unspecified atom stereocenters. The molecule has 0 fully saturated rings. The predicted octanol–water partition coefficient (Wildman–Crippen LogP) is 6.52. The number of carbonyl (C=O) groups is 1. The van der Waals surface area contributed by atoms with Gasteiger partial charge in [-0.3, -0.25) is 9.79 Å². The van der Waals surface area contributed by atoms with Crippen LogP contribution in [0, 0.1) is 0 Å². The van der Waals surface area contributed by atoms with Crippen molar-refractivity contribution in [1.82, 2.24) is 0 Å². The quantitative estimate of drug-likeness (QED) is 0.255. The molecule has 140 valence electrons. The molecular formula is C25H29NO. The Balaban J connectivity index is 1.82. The second-order valence-corrected chi connectivity index (χ2v) is 6.70. The molecule has 0 saturated carbocycles. The third-order valence-electron chi connectivity index (χ3n) is 4.44. The first-order chi connectivity index (χ1) is 13.2. The number of hydrogen-bond donors (Lipinski definition) is 0. The second kappa shape index (κ2) is 11.8. The Morgan fingerprint density at radius 1 is 0.963 bits per heavy atom. The first-order valence-corrected chi connectivity index (χ1v) is 9.75. The molecule has 2 aromatic carbocycles. The van der Waals surface area contributed by atoms with E-state index in [1.807, 2.05) is 30.3 Å². The number of hydrogen-bond acceptors (Lipinski definition) is 2. The zero-order chi connectivity index (χ0) is 19.3. The lowest BCUT2D eigenvalue weighted by Gasteiger charge is -2.01. The molecule has 0 aliphatic rings. The van der Waals surface area contributed by atoms with Crippen molar-refractivity contribution < 1.29 is 4.79 Å². The molecule has 0 spiro atoms. The van der Waals surface area contributed by atoms with Gasteiger partial charge >= 0.3 is 0 Å². The van der Waals surface area contributed by atoms with E-state index in [-0.39, 0.29) is 5.78 Å². The molecule has 0 N–H and O–H groups in total. The van der Waals surface area contributed by atoms with E-state index >= 15 is 0 Å². The van der Waals surface area contributed by atoms with Gasteiger partial charge in [0, 0.05) is 12.6 Å². The zero-order valence-corrected chi connectivity index (χ0v) is 16.2. The Morgan fingerprint density at radius 3 is 2.33 bits per heavy atom. The minimum absolute atomic E-state index is 0.0289. The lowest BCUT2D eigenvalue weighted by molar-refractivity contribution is -0.114. The summed E-state index contributed by atoms with van der Waals surface area (Å²) in [5, 5.41) is 0. The Bertz CT molecular complexity index is 767. The summed E-state index contributed by atoms with van der Waals surface area (Å²) in [7, 11) is 0.